The Bertz CT molecular complexity index is 737. The summed E-state index contributed by atoms with van der Waals surface area (Å²) in [6.45, 7) is 18.8. The van der Waals surface area contributed by atoms with Gasteiger partial charge in [-0.25, -0.2) is 9.59 Å². The monoisotopic (exact) mass is 446 g/mol. The number of carbonyl (C=O) groups excluding carboxylic acids is 2. The number of benzene rings is 1. The molecule has 0 fully saturated rings. The fraction of sp³-hybridized carbons (Fsp3) is 0.714. The predicted molar refractivity (Wildman–Crippen MR) is 132 cm³/mol. The van der Waals surface area contributed by atoms with Gasteiger partial charge in [-0.3, -0.25) is 0 Å². The second-order valence-corrected chi connectivity index (χ2v) is 11.0. The molecule has 32 heavy (non-hydrogen) atoms. The Morgan fingerprint density at radius 3 is 1.66 bits per heavy atom. The van der Waals surface area contributed by atoms with Crippen LogP contribution in [0.3, 0.4) is 0 Å². The van der Waals surface area contributed by atoms with E-state index in [9.17, 15) is 9.59 Å². The SMILES string of the molecule is CCCCC(OC(=O)c1cccc(CC)c1C(=O)OC(CCCC)C(C)(C)C)C(C)(C)C. The second-order valence-electron chi connectivity index (χ2n) is 11.0. The molecule has 0 aromatic heterocycles. The van der Waals surface area contributed by atoms with Crippen molar-refractivity contribution in [3.8, 4) is 0 Å². The van der Waals surface area contributed by atoms with E-state index >= 15 is 0 Å². The minimum absolute atomic E-state index is 0.175. The van der Waals surface area contributed by atoms with Crippen molar-refractivity contribution in [1.29, 1.82) is 0 Å². The van der Waals surface area contributed by atoms with Gasteiger partial charge < -0.3 is 9.47 Å². The fourth-order valence-corrected chi connectivity index (χ4v) is 3.80. The van der Waals surface area contributed by atoms with Crippen molar-refractivity contribution >= 4 is 11.9 Å². The molecule has 1 rings (SSSR count). The number of carbonyl (C=O) groups is 2. The van der Waals surface area contributed by atoms with Crippen LogP contribution in [-0.2, 0) is 15.9 Å². The second kappa shape index (κ2) is 12.4. The van der Waals surface area contributed by atoms with Gasteiger partial charge in [0.15, 0.2) is 0 Å². The molecule has 0 bridgehead atoms. The number of aryl methyl sites for hydroxylation is 1. The fourth-order valence-electron chi connectivity index (χ4n) is 3.80. The van der Waals surface area contributed by atoms with Crippen molar-refractivity contribution in [2.24, 2.45) is 10.8 Å². The van der Waals surface area contributed by atoms with Gasteiger partial charge in [0.05, 0.1) is 11.1 Å². The maximum atomic E-state index is 13.4. The van der Waals surface area contributed by atoms with Gasteiger partial charge in [-0.05, 0) is 41.7 Å². The highest BCUT2D eigenvalue weighted by molar-refractivity contribution is 6.04. The third-order valence-electron chi connectivity index (χ3n) is 6.03. The molecule has 0 aliphatic carbocycles. The van der Waals surface area contributed by atoms with E-state index in [0.717, 1.165) is 44.1 Å². The minimum atomic E-state index is -0.441. The van der Waals surface area contributed by atoms with Crippen LogP contribution in [0, 0.1) is 10.8 Å². The lowest BCUT2D eigenvalue weighted by molar-refractivity contribution is -0.0106. The summed E-state index contributed by atoms with van der Waals surface area (Å²) >= 11 is 0. The topological polar surface area (TPSA) is 52.6 Å². The largest absolute Gasteiger partial charge is 0.458 e. The van der Waals surface area contributed by atoms with Crippen molar-refractivity contribution in [2.45, 2.75) is 119 Å². The highest BCUT2D eigenvalue weighted by Gasteiger charge is 2.33. The van der Waals surface area contributed by atoms with Crippen LogP contribution in [0.5, 0.6) is 0 Å². The Morgan fingerprint density at radius 2 is 1.25 bits per heavy atom. The number of hydrogen-bond donors (Lipinski definition) is 0. The number of unbranched alkanes of at least 4 members (excludes halogenated alkanes) is 2. The van der Waals surface area contributed by atoms with Crippen LogP contribution in [0.4, 0.5) is 0 Å². The molecule has 0 radical (unpaired) electrons. The Hall–Kier alpha value is -1.84. The third-order valence-corrected chi connectivity index (χ3v) is 6.03. The molecule has 0 saturated carbocycles. The molecule has 4 heteroatoms. The number of esters is 2. The molecule has 0 saturated heterocycles. The van der Waals surface area contributed by atoms with Crippen LogP contribution in [0.2, 0.25) is 0 Å². The zero-order chi connectivity index (χ0) is 24.5. The zero-order valence-electron chi connectivity index (χ0n) is 22.0. The van der Waals surface area contributed by atoms with E-state index in [0.29, 0.717) is 17.5 Å². The normalized spacial score (nSPS) is 14.0. The first-order valence-electron chi connectivity index (χ1n) is 12.4. The van der Waals surface area contributed by atoms with Crippen molar-refractivity contribution in [3.63, 3.8) is 0 Å². The maximum Gasteiger partial charge on any atom is 0.339 e. The lowest BCUT2D eigenvalue weighted by atomic mass is 9.85. The van der Waals surface area contributed by atoms with Gasteiger partial charge >= 0.3 is 11.9 Å². The van der Waals surface area contributed by atoms with Gasteiger partial charge in [0.2, 0.25) is 0 Å². The van der Waals surface area contributed by atoms with Crippen molar-refractivity contribution in [1.82, 2.24) is 0 Å². The van der Waals surface area contributed by atoms with Crippen LogP contribution in [0.15, 0.2) is 18.2 Å². The van der Waals surface area contributed by atoms with Crippen LogP contribution >= 0.6 is 0 Å². The van der Waals surface area contributed by atoms with Gasteiger partial charge in [0, 0.05) is 0 Å². The molecule has 1 aromatic carbocycles. The van der Waals surface area contributed by atoms with E-state index in [2.05, 4.69) is 55.4 Å². The Labute approximate surface area is 196 Å². The van der Waals surface area contributed by atoms with E-state index in [1.165, 1.54) is 0 Å². The van der Waals surface area contributed by atoms with Gasteiger partial charge in [0.25, 0.3) is 0 Å². The molecule has 2 unspecified atom stereocenters. The first kappa shape index (κ1) is 28.2. The van der Waals surface area contributed by atoms with E-state index in [4.69, 9.17) is 9.47 Å². The molecule has 182 valence electrons. The quantitative estimate of drug-likeness (QED) is 0.326. The molecule has 0 spiro atoms. The molecule has 0 aliphatic heterocycles. The van der Waals surface area contributed by atoms with E-state index in [-0.39, 0.29) is 23.0 Å². The maximum absolute atomic E-state index is 13.4. The van der Waals surface area contributed by atoms with Crippen LogP contribution in [0.1, 0.15) is 127 Å². The summed E-state index contributed by atoms with van der Waals surface area (Å²) in [4.78, 5) is 26.7. The smallest absolute Gasteiger partial charge is 0.339 e. The summed E-state index contributed by atoms with van der Waals surface area (Å²) in [7, 11) is 0. The summed E-state index contributed by atoms with van der Waals surface area (Å²) in [5, 5.41) is 0. The minimum Gasteiger partial charge on any atom is -0.458 e. The highest BCUT2D eigenvalue weighted by Crippen LogP contribution is 2.31. The van der Waals surface area contributed by atoms with E-state index in [1.807, 2.05) is 19.1 Å². The average molecular weight is 447 g/mol. The van der Waals surface area contributed by atoms with E-state index < -0.39 is 11.9 Å². The molecular formula is C28H46O4. The predicted octanol–water partition coefficient (Wildman–Crippen LogP) is 7.77. The molecular weight excluding hydrogens is 400 g/mol. The molecule has 0 aliphatic rings. The summed E-state index contributed by atoms with van der Waals surface area (Å²) in [6.07, 6.45) is 5.89. The summed E-state index contributed by atoms with van der Waals surface area (Å²) in [6, 6.07) is 5.41. The Morgan fingerprint density at radius 1 is 0.781 bits per heavy atom. The third kappa shape index (κ3) is 8.26. The van der Waals surface area contributed by atoms with Crippen LogP contribution in [0.25, 0.3) is 0 Å². The lowest BCUT2D eigenvalue weighted by Crippen LogP contribution is -2.34. The molecule has 2 atom stereocenters. The molecule has 4 nitrogen and oxygen atoms in total. The standard InChI is InChI=1S/C28H46O4/c1-10-13-18-22(27(4,5)6)31-25(29)21-17-15-16-20(12-3)24(21)26(30)32-23(19-14-11-2)28(7,8)9/h15-17,22-23H,10-14,18-19H2,1-9H3. The van der Waals surface area contributed by atoms with Gasteiger partial charge in [-0.15, -0.1) is 0 Å². The van der Waals surface area contributed by atoms with E-state index in [1.54, 1.807) is 6.07 Å². The zero-order valence-corrected chi connectivity index (χ0v) is 22.0. The number of rotatable bonds is 11. The molecule has 0 heterocycles. The summed E-state index contributed by atoms with van der Waals surface area (Å²) in [5.74, 6) is -0.865. The Balaban J connectivity index is 3.28. The Kier molecular flexibility index (Phi) is 10.9. The summed E-state index contributed by atoms with van der Waals surface area (Å²) in [5.41, 5.74) is 1.13. The average Bonchev–Trinajstić information content (AvgIpc) is 2.71. The van der Waals surface area contributed by atoms with Crippen molar-refractivity contribution < 1.29 is 19.1 Å². The molecule has 1 aromatic rings. The highest BCUT2D eigenvalue weighted by atomic mass is 16.6. The van der Waals surface area contributed by atoms with Crippen LogP contribution < -0.4 is 0 Å². The van der Waals surface area contributed by atoms with Crippen molar-refractivity contribution in [3.05, 3.63) is 34.9 Å². The molecule has 0 amide bonds. The lowest BCUT2D eigenvalue weighted by Gasteiger charge is -2.32. The number of hydrogen-bond acceptors (Lipinski definition) is 4. The first-order valence-corrected chi connectivity index (χ1v) is 12.4. The van der Waals surface area contributed by atoms with Crippen LogP contribution in [-0.4, -0.2) is 24.1 Å². The number of ether oxygens (including phenoxy) is 2. The van der Waals surface area contributed by atoms with Crippen molar-refractivity contribution in [2.75, 3.05) is 0 Å². The van der Waals surface area contributed by atoms with Gasteiger partial charge in [-0.2, -0.15) is 0 Å². The van der Waals surface area contributed by atoms with Gasteiger partial charge in [-0.1, -0.05) is 100 Å². The van der Waals surface area contributed by atoms with Gasteiger partial charge in [0.1, 0.15) is 12.2 Å². The first-order chi connectivity index (χ1) is 14.9. The summed E-state index contributed by atoms with van der Waals surface area (Å²) < 4.78 is 12.0. The molecule has 0 N–H and O–H groups in total.